The third-order valence-corrected chi connectivity index (χ3v) is 3.81. The molecule has 132 valence electrons. The van der Waals surface area contributed by atoms with Gasteiger partial charge in [-0.05, 0) is 35.9 Å². The van der Waals surface area contributed by atoms with E-state index in [1.54, 1.807) is 43.5 Å². The first-order valence-electron chi connectivity index (χ1n) is 7.83. The zero-order chi connectivity index (χ0) is 18.5. The highest BCUT2D eigenvalue weighted by Crippen LogP contribution is 2.30. The van der Waals surface area contributed by atoms with Gasteiger partial charge in [-0.2, -0.15) is 0 Å². The molecule has 26 heavy (non-hydrogen) atoms. The van der Waals surface area contributed by atoms with Crippen LogP contribution in [0.5, 0.6) is 5.75 Å². The molecule has 0 aliphatic carbocycles. The molecule has 0 bridgehead atoms. The van der Waals surface area contributed by atoms with Gasteiger partial charge in [0.1, 0.15) is 11.5 Å². The zero-order valence-corrected chi connectivity index (χ0v) is 14.0. The van der Waals surface area contributed by atoms with Gasteiger partial charge in [-0.15, -0.1) is 0 Å². The summed E-state index contributed by atoms with van der Waals surface area (Å²) < 4.78 is 10.6. The van der Waals surface area contributed by atoms with Crippen LogP contribution >= 0.6 is 0 Å². The Balaban J connectivity index is 1.71. The smallest absolute Gasteiger partial charge is 0.287 e. The first kappa shape index (κ1) is 17.2. The number of nitrogens with one attached hydrogen (secondary N) is 1. The molecule has 7 nitrogen and oxygen atoms in total. The van der Waals surface area contributed by atoms with Gasteiger partial charge in [-0.25, -0.2) is 0 Å². The molecular weight excluding hydrogens is 336 g/mol. The molecular formula is C19H16N2O5. The highest BCUT2D eigenvalue weighted by atomic mass is 16.6. The van der Waals surface area contributed by atoms with Crippen LogP contribution in [-0.2, 0) is 6.54 Å². The van der Waals surface area contributed by atoms with E-state index in [-0.39, 0.29) is 17.2 Å². The molecule has 0 radical (unpaired) electrons. The Labute approximate surface area is 149 Å². The molecule has 3 rings (SSSR count). The van der Waals surface area contributed by atoms with E-state index in [2.05, 4.69) is 5.32 Å². The Hall–Kier alpha value is -3.61. The minimum absolute atomic E-state index is 0.0768. The summed E-state index contributed by atoms with van der Waals surface area (Å²) in [5.74, 6) is 0.699. The molecule has 1 amide bonds. The summed E-state index contributed by atoms with van der Waals surface area (Å²) in [6.07, 6.45) is 0. The van der Waals surface area contributed by atoms with Gasteiger partial charge in [-0.3, -0.25) is 14.9 Å². The van der Waals surface area contributed by atoms with Crippen molar-refractivity contribution < 1.29 is 18.9 Å². The number of ether oxygens (including phenoxy) is 1. The SMILES string of the molecule is COc1ccc(CNC(=O)c2ccc(-c3ccccc3[N+](=O)[O-])o2)cc1. The standard InChI is InChI=1S/C19H16N2O5/c1-25-14-8-6-13(7-9-14)12-20-19(22)18-11-10-17(26-18)15-4-2-3-5-16(15)21(23)24/h2-11H,12H2,1H3,(H,20,22). The number of amides is 1. The number of carbonyl (C=O) groups is 1. The number of nitro groups is 1. The van der Waals surface area contributed by atoms with Crippen molar-refractivity contribution in [3.8, 4) is 17.1 Å². The van der Waals surface area contributed by atoms with Crippen LogP contribution in [0.25, 0.3) is 11.3 Å². The van der Waals surface area contributed by atoms with Gasteiger partial charge in [0.2, 0.25) is 0 Å². The Morgan fingerprint density at radius 2 is 1.85 bits per heavy atom. The molecule has 0 spiro atoms. The summed E-state index contributed by atoms with van der Waals surface area (Å²) in [5, 5.41) is 13.9. The molecule has 1 N–H and O–H groups in total. The van der Waals surface area contributed by atoms with E-state index >= 15 is 0 Å². The maximum atomic E-state index is 12.2. The van der Waals surface area contributed by atoms with E-state index in [1.807, 2.05) is 12.1 Å². The Morgan fingerprint density at radius 3 is 2.54 bits per heavy atom. The highest BCUT2D eigenvalue weighted by Gasteiger charge is 2.19. The molecule has 0 saturated carbocycles. The van der Waals surface area contributed by atoms with Crippen LogP contribution in [0.3, 0.4) is 0 Å². The number of carbonyl (C=O) groups excluding carboxylic acids is 1. The van der Waals surface area contributed by atoms with Crippen LogP contribution in [0.4, 0.5) is 5.69 Å². The lowest BCUT2D eigenvalue weighted by Crippen LogP contribution is -2.22. The third kappa shape index (κ3) is 3.72. The fourth-order valence-corrected chi connectivity index (χ4v) is 2.46. The van der Waals surface area contributed by atoms with Gasteiger partial charge >= 0.3 is 0 Å². The van der Waals surface area contributed by atoms with Gasteiger partial charge in [0.05, 0.1) is 17.6 Å². The molecule has 0 atom stereocenters. The predicted octanol–water partition coefficient (Wildman–Crippen LogP) is 3.79. The Morgan fingerprint density at radius 1 is 1.12 bits per heavy atom. The predicted molar refractivity (Wildman–Crippen MR) is 95.0 cm³/mol. The lowest BCUT2D eigenvalue weighted by Gasteiger charge is -2.05. The van der Waals surface area contributed by atoms with E-state index in [1.165, 1.54) is 12.1 Å². The number of para-hydroxylation sites is 1. The van der Waals surface area contributed by atoms with Crippen molar-refractivity contribution >= 4 is 11.6 Å². The maximum absolute atomic E-state index is 12.2. The van der Waals surface area contributed by atoms with Gasteiger partial charge in [0, 0.05) is 12.6 Å². The quantitative estimate of drug-likeness (QED) is 0.538. The fraction of sp³-hybridized carbons (Fsp3) is 0.105. The average molecular weight is 352 g/mol. The molecule has 0 aliphatic heterocycles. The normalized spacial score (nSPS) is 10.3. The number of rotatable bonds is 6. The van der Waals surface area contributed by atoms with E-state index < -0.39 is 10.8 Å². The van der Waals surface area contributed by atoms with Crippen molar-refractivity contribution in [1.82, 2.24) is 5.32 Å². The lowest BCUT2D eigenvalue weighted by atomic mass is 10.1. The summed E-state index contributed by atoms with van der Waals surface area (Å²) in [6.45, 7) is 0.324. The number of methoxy groups -OCH3 is 1. The molecule has 7 heteroatoms. The highest BCUT2D eigenvalue weighted by molar-refractivity contribution is 5.92. The second-order valence-electron chi connectivity index (χ2n) is 5.47. The van der Waals surface area contributed by atoms with Crippen molar-refractivity contribution in [1.29, 1.82) is 0 Å². The van der Waals surface area contributed by atoms with Gasteiger partial charge < -0.3 is 14.5 Å². The van der Waals surface area contributed by atoms with Crippen LogP contribution < -0.4 is 10.1 Å². The molecule has 1 aromatic heterocycles. The van der Waals surface area contributed by atoms with Gasteiger partial charge in [0.15, 0.2) is 5.76 Å². The van der Waals surface area contributed by atoms with Crippen molar-refractivity contribution in [2.75, 3.05) is 7.11 Å². The summed E-state index contributed by atoms with van der Waals surface area (Å²) in [6, 6.07) is 16.6. The summed E-state index contributed by atoms with van der Waals surface area (Å²) in [4.78, 5) is 22.9. The number of nitrogens with zero attached hydrogens (tertiary/aromatic N) is 1. The summed E-state index contributed by atoms with van der Waals surface area (Å²) in [5.41, 5.74) is 1.16. The van der Waals surface area contributed by atoms with Gasteiger partial charge in [0.25, 0.3) is 11.6 Å². The Bertz CT molecular complexity index is 931. The van der Waals surface area contributed by atoms with Crippen molar-refractivity contribution in [2.24, 2.45) is 0 Å². The third-order valence-electron chi connectivity index (χ3n) is 3.81. The van der Waals surface area contributed by atoms with E-state index in [4.69, 9.17) is 9.15 Å². The second kappa shape index (κ2) is 7.52. The zero-order valence-electron chi connectivity index (χ0n) is 14.0. The van der Waals surface area contributed by atoms with E-state index in [9.17, 15) is 14.9 Å². The molecule has 0 unspecified atom stereocenters. The average Bonchev–Trinajstić information content (AvgIpc) is 3.16. The number of nitro benzene ring substituents is 1. The minimum atomic E-state index is -0.485. The number of benzene rings is 2. The van der Waals surface area contributed by atoms with Crippen LogP contribution in [0, 0.1) is 10.1 Å². The van der Waals surface area contributed by atoms with Crippen molar-refractivity contribution in [3.05, 3.63) is 82.1 Å². The molecule has 1 heterocycles. The fourth-order valence-electron chi connectivity index (χ4n) is 2.46. The maximum Gasteiger partial charge on any atom is 0.287 e. The number of hydrogen-bond donors (Lipinski definition) is 1. The van der Waals surface area contributed by atoms with Crippen LogP contribution in [0.15, 0.2) is 65.1 Å². The minimum Gasteiger partial charge on any atom is -0.497 e. The van der Waals surface area contributed by atoms with Gasteiger partial charge in [-0.1, -0.05) is 24.3 Å². The van der Waals surface area contributed by atoms with Crippen LogP contribution in [0.2, 0.25) is 0 Å². The molecule has 3 aromatic rings. The van der Waals surface area contributed by atoms with Crippen molar-refractivity contribution in [3.63, 3.8) is 0 Å². The molecule has 2 aromatic carbocycles. The van der Waals surface area contributed by atoms with E-state index in [0.29, 0.717) is 12.1 Å². The monoisotopic (exact) mass is 352 g/mol. The first-order chi connectivity index (χ1) is 12.6. The molecule has 0 fully saturated rings. The van der Waals surface area contributed by atoms with E-state index in [0.717, 1.165) is 11.3 Å². The Kier molecular flexibility index (Phi) is 4.98. The van der Waals surface area contributed by atoms with Crippen molar-refractivity contribution in [2.45, 2.75) is 6.54 Å². The molecule has 0 aliphatic rings. The van der Waals surface area contributed by atoms with Crippen LogP contribution in [0.1, 0.15) is 16.1 Å². The largest absolute Gasteiger partial charge is 0.497 e. The second-order valence-corrected chi connectivity index (χ2v) is 5.47. The number of furan rings is 1. The molecule has 0 saturated heterocycles. The topological polar surface area (TPSA) is 94.6 Å². The number of hydrogen-bond acceptors (Lipinski definition) is 5. The summed E-state index contributed by atoms with van der Waals surface area (Å²) >= 11 is 0. The first-order valence-corrected chi connectivity index (χ1v) is 7.83. The lowest BCUT2D eigenvalue weighted by molar-refractivity contribution is -0.384. The van der Waals surface area contributed by atoms with Crippen LogP contribution in [-0.4, -0.2) is 17.9 Å². The summed E-state index contributed by atoms with van der Waals surface area (Å²) in [7, 11) is 1.59.